The third-order valence-electron chi connectivity index (χ3n) is 3.36. The molecule has 0 amide bonds. The second-order valence-corrected chi connectivity index (χ2v) is 5.66. The summed E-state index contributed by atoms with van der Waals surface area (Å²) in [5, 5.41) is 13.1. The topological polar surface area (TPSA) is 74.7 Å². The van der Waals surface area contributed by atoms with Crippen molar-refractivity contribution in [3.8, 4) is 6.07 Å². The molecule has 2 rings (SSSR count). The van der Waals surface area contributed by atoms with Gasteiger partial charge in [0.15, 0.2) is 0 Å². The SMILES string of the molecule is CSC1CCCCC1Nc1ncc(N)cc1C#N. The molecular weight excluding hydrogens is 244 g/mol. The Morgan fingerprint density at radius 3 is 3.00 bits per heavy atom. The molecule has 0 spiro atoms. The Labute approximate surface area is 112 Å². The van der Waals surface area contributed by atoms with Gasteiger partial charge in [0.1, 0.15) is 11.9 Å². The van der Waals surface area contributed by atoms with Crippen LogP contribution < -0.4 is 11.1 Å². The van der Waals surface area contributed by atoms with E-state index >= 15 is 0 Å². The predicted molar refractivity (Wildman–Crippen MR) is 76.5 cm³/mol. The minimum atomic E-state index is 0.400. The molecule has 2 atom stereocenters. The molecule has 0 saturated heterocycles. The number of aromatic nitrogens is 1. The van der Waals surface area contributed by atoms with Crippen molar-refractivity contribution in [3.63, 3.8) is 0 Å². The van der Waals surface area contributed by atoms with Crippen molar-refractivity contribution in [2.45, 2.75) is 37.0 Å². The Hall–Kier alpha value is -1.41. The molecule has 1 heterocycles. The average molecular weight is 262 g/mol. The van der Waals surface area contributed by atoms with E-state index in [1.54, 1.807) is 12.3 Å². The minimum Gasteiger partial charge on any atom is -0.397 e. The zero-order valence-electron chi connectivity index (χ0n) is 10.5. The van der Waals surface area contributed by atoms with Gasteiger partial charge in [0, 0.05) is 11.3 Å². The van der Waals surface area contributed by atoms with E-state index in [1.165, 1.54) is 19.3 Å². The number of hydrogen-bond acceptors (Lipinski definition) is 5. The lowest BCUT2D eigenvalue weighted by atomic mass is 9.94. The molecule has 1 aliphatic rings. The van der Waals surface area contributed by atoms with Crippen LogP contribution in [0.5, 0.6) is 0 Å². The van der Waals surface area contributed by atoms with Crippen LogP contribution in [-0.2, 0) is 0 Å². The molecule has 1 aliphatic carbocycles. The summed E-state index contributed by atoms with van der Waals surface area (Å²) >= 11 is 1.89. The Morgan fingerprint density at radius 2 is 2.28 bits per heavy atom. The summed E-state index contributed by atoms with van der Waals surface area (Å²) in [5.74, 6) is 0.664. The molecule has 1 aromatic rings. The summed E-state index contributed by atoms with van der Waals surface area (Å²) in [5.41, 5.74) is 6.70. The van der Waals surface area contributed by atoms with E-state index in [2.05, 4.69) is 22.6 Å². The molecule has 0 bridgehead atoms. The van der Waals surface area contributed by atoms with Gasteiger partial charge in [0.25, 0.3) is 0 Å². The zero-order valence-corrected chi connectivity index (χ0v) is 11.3. The van der Waals surface area contributed by atoms with Gasteiger partial charge in [-0.15, -0.1) is 0 Å². The minimum absolute atomic E-state index is 0.400. The first-order valence-electron chi connectivity index (χ1n) is 6.19. The fourth-order valence-corrected chi connectivity index (χ4v) is 3.34. The molecule has 0 aliphatic heterocycles. The highest BCUT2D eigenvalue weighted by Gasteiger charge is 2.25. The van der Waals surface area contributed by atoms with Gasteiger partial charge in [-0.25, -0.2) is 4.98 Å². The summed E-state index contributed by atoms with van der Waals surface area (Å²) in [6, 6.07) is 4.22. The number of nitrogens with zero attached hydrogens (tertiary/aromatic N) is 2. The van der Waals surface area contributed by atoms with Crippen LogP contribution in [0.3, 0.4) is 0 Å². The number of nitrogens with one attached hydrogen (secondary N) is 1. The number of pyridine rings is 1. The largest absolute Gasteiger partial charge is 0.397 e. The summed E-state index contributed by atoms with van der Waals surface area (Å²) in [6.45, 7) is 0. The standard InChI is InChI=1S/C13H18N4S/c1-18-12-5-3-2-4-11(12)17-13-9(7-14)6-10(15)8-16-13/h6,8,11-12H,2-5,15H2,1H3,(H,16,17). The fraction of sp³-hybridized carbons (Fsp3) is 0.538. The molecule has 3 N–H and O–H groups in total. The number of anilines is 2. The Bertz CT molecular complexity index is 455. The third-order valence-corrected chi connectivity index (χ3v) is 4.53. The van der Waals surface area contributed by atoms with Gasteiger partial charge < -0.3 is 11.1 Å². The molecule has 1 aromatic heterocycles. The van der Waals surface area contributed by atoms with Crippen molar-refractivity contribution >= 4 is 23.3 Å². The maximum Gasteiger partial charge on any atom is 0.144 e. The first-order chi connectivity index (χ1) is 8.74. The van der Waals surface area contributed by atoms with E-state index in [0.29, 0.717) is 28.4 Å². The van der Waals surface area contributed by atoms with Crippen LogP contribution >= 0.6 is 11.8 Å². The monoisotopic (exact) mass is 262 g/mol. The smallest absolute Gasteiger partial charge is 0.144 e. The highest BCUT2D eigenvalue weighted by molar-refractivity contribution is 7.99. The Balaban J connectivity index is 2.15. The molecule has 2 unspecified atom stereocenters. The highest BCUT2D eigenvalue weighted by atomic mass is 32.2. The van der Waals surface area contributed by atoms with Crippen LogP contribution in [0.1, 0.15) is 31.2 Å². The van der Waals surface area contributed by atoms with E-state index in [9.17, 15) is 0 Å². The van der Waals surface area contributed by atoms with E-state index < -0.39 is 0 Å². The quantitative estimate of drug-likeness (QED) is 0.876. The first kappa shape index (κ1) is 13.0. The summed E-state index contributed by atoms with van der Waals surface area (Å²) < 4.78 is 0. The van der Waals surface area contributed by atoms with Crippen molar-refractivity contribution < 1.29 is 0 Å². The van der Waals surface area contributed by atoms with Crippen molar-refractivity contribution in [3.05, 3.63) is 17.8 Å². The third kappa shape index (κ3) is 2.88. The van der Waals surface area contributed by atoms with Crippen LogP contribution in [0.2, 0.25) is 0 Å². The number of hydrogen-bond donors (Lipinski definition) is 2. The van der Waals surface area contributed by atoms with Gasteiger partial charge >= 0.3 is 0 Å². The molecule has 5 heteroatoms. The molecular formula is C13H18N4S. The molecule has 4 nitrogen and oxygen atoms in total. The maximum atomic E-state index is 9.10. The van der Waals surface area contributed by atoms with Gasteiger partial charge in [-0.3, -0.25) is 0 Å². The first-order valence-corrected chi connectivity index (χ1v) is 7.48. The van der Waals surface area contributed by atoms with E-state index in [1.807, 2.05) is 11.8 Å². The predicted octanol–water partition coefficient (Wildman–Crippen LogP) is 2.62. The number of thioether (sulfide) groups is 1. The van der Waals surface area contributed by atoms with Crippen LogP contribution in [0, 0.1) is 11.3 Å². The number of rotatable bonds is 3. The van der Waals surface area contributed by atoms with Gasteiger partial charge in [-0.2, -0.15) is 17.0 Å². The lowest BCUT2D eigenvalue weighted by Crippen LogP contribution is -2.34. The van der Waals surface area contributed by atoms with E-state index in [4.69, 9.17) is 11.0 Å². The Morgan fingerprint density at radius 1 is 1.50 bits per heavy atom. The van der Waals surface area contributed by atoms with Crippen LogP contribution in [0.15, 0.2) is 12.3 Å². The van der Waals surface area contributed by atoms with E-state index in [-0.39, 0.29) is 0 Å². The summed E-state index contributed by atoms with van der Waals surface area (Å²) in [4.78, 5) is 4.24. The van der Waals surface area contributed by atoms with E-state index in [0.717, 1.165) is 6.42 Å². The van der Waals surface area contributed by atoms with Crippen molar-refractivity contribution in [1.29, 1.82) is 5.26 Å². The summed E-state index contributed by atoms with van der Waals surface area (Å²) in [7, 11) is 0. The van der Waals surface area contributed by atoms with Gasteiger partial charge in [-0.1, -0.05) is 12.8 Å². The highest BCUT2D eigenvalue weighted by Crippen LogP contribution is 2.30. The number of nitrogen functional groups attached to an aromatic ring is 1. The molecule has 0 aromatic carbocycles. The molecule has 1 saturated carbocycles. The van der Waals surface area contributed by atoms with Crippen molar-refractivity contribution in [1.82, 2.24) is 4.98 Å². The van der Waals surface area contributed by atoms with Gasteiger partial charge in [0.2, 0.25) is 0 Å². The van der Waals surface area contributed by atoms with Crippen LogP contribution in [0.4, 0.5) is 11.5 Å². The van der Waals surface area contributed by atoms with Gasteiger partial charge in [0.05, 0.1) is 17.4 Å². The summed E-state index contributed by atoms with van der Waals surface area (Å²) in [6.07, 6.45) is 8.65. The second-order valence-electron chi connectivity index (χ2n) is 4.59. The molecule has 96 valence electrons. The normalized spacial score (nSPS) is 23.3. The molecule has 0 radical (unpaired) electrons. The zero-order chi connectivity index (χ0) is 13.0. The van der Waals surface area contributed by atoms with Gasteiger partial charge in [-0.05, 0) is 25.2 Å². The lowest BCUT2D eigenvalue weighted by molar-refractivity contribution is 0.474. The van der Waals surface area contributed by atoms with Crippen LogP contribution in [-0.4, -0.2) is 22.5 Å². The van der Waals surface area contributed by atoms with Crippen LogP contribution in [0.25, 0.3) is 0 Å². The second kappa shape index (κ2) is 5.96. The maximum absolute atomic E-state index is 9.10. The molecule has 1 fully saturated rings. The average Bonchev–Trinajstić information content (AvgIpc) is 2.41. The lowest BCUT2D eigenvalue weighted by Gasteiger charge is -2.31. The van der Waals surface area contributed by atoms with Crippen molar-refractivity contribution in [2.75, 3.05) is 17.3 Å². The Kier molecular flexibility index (Phi) is 4.32. The number of nitriles is 1. The fourth-order valence-electron chi connectivity index (χ4n) is 2.40. The number of nitrogens with two attached hydrogens (primary N) is 1. The van der Waals surface area contributed by atoms with Crippen molar-refractivity contribution in [2.24, 2.45) is 0 Å². The molecule has 18 heavy (non-hydrogen) atoms.